The molecular formula is C12H14BrNOS. The molecule has 1 saturated carbocycles. The van der Waals surface area contributed by atoms with Gasteiger partial charge in [0, 0.05) is 10.2 Å². The van der Waals surface area contributed by atoms with Gasteiger partial charge in [-0.05, 0) is 43.7 Å². The van der Waals surface area contributed by atoms with Crippen LogP contribution < -0.4 is 5.32 Å². The summed E-state index contributed by atoms with van der Waals surface area (Å²) in [6, 6.07) is 2.09. The molecule has 2 aliphatic carbocycles. The predicted molar refractivity (Wildman–Crippen MR) is 69.6 cm³/mol. The molecule has 1 heterocycles. The lowest BCUT2D eigenvalue weighted by atomic mass is 10.2. The van der Waals surface area contributed by atoms with Crippen LogP contribution in [0.1, 0.15) is 39.4 Å². The molecule has 0 saturated heterocycles. The first-order valence-electron chi connectivity index (χ1n) is 5.72. The van der Waals surface area contributed by atoms with Crippen molar-refractivity contribution in [3.63, 3.8) is 0 Å². The summed E-state index contributed by atoms with van der Waals surface area (Å²) in [7, 11) is 0. The normalized spacial score (nSPS) is 20.6. The first-order chi connectivity index (χ1) is 7.72. The average molecular weight is 300 g/mol. The topological polar surface area (TPSA) is 29.1 Å². The van der Waals surface area contributed by atoms with Crippen LogP contribution in [0.5, 0.6) is 0 Å². The van der Waals surface area contributed by atoms with Gasteiger partial charge in [0.15, 0.2) is 0 Å². The standard InChI is InChI=1S/C12H14BrNOS/c13-7-12(4-5-12)14-11(15)10-6-8-2-1-3-9(8)16-10/h6H,1-5,7H2,(H,14,15). The van der Waals surface area contributed by atoms with E-state index in [1.807, 2.05) is 0 Å². The summed E-state index contributed by atoms with van der Waals surface area (Å²) in [4.78, 5) is 14.4. The van der Waals surface area contributed by atoms with Gasteiger partial charge in [0.05, 0.1) is 10.4 Å². The summed E-state index contributed by atoms with van der Waals surface area (Å²) < 4.78 is 0. The van der Waals surface area contributed by atoms with Gasteiger partial charge >= 0.3 is 0 Å². The van der Waals surface area contributed by atoms with Gasteiger partial charge in [0.25, 0.3) is 5.91 Å². The molecule has 1 amide bonds. The van der Waals surface area contributed by atoms with E-state index < -0.39 is 0 Å². The minimum atomic E-state index is 0.0610. The van der Waals surface area contributed by atoms with Gasteiger partial charge < -0.3 is 5.32 Å². The van der Waals surface area contributed by atoms with E-state index in [1.165, 1.54) is 16.9 Å². The highest BCUT2D eigenvalue weighted by molar-refractivity contribution is 9.09. The van der Waals surface area contributed by atoms with Crippen LogP contribution in [0.25, 0.3) is 0 Å². The molecule has 2 nitrogen and oxygen atoms in total. The molecule has 0 bridgehead atoms. The van der Waals surface area contributed by atoms with E-state index in [4.69, 9.17) is 0 Å². The Labute approximate surface area is 108 Å². The number of carbonyl (C=O) groups excluding carboxylic acids is 1. The number of carbonyl (C=O) groups is 1. The first-order valence-corrected chi connectivity index (χ1v) is 7.66. The second-order valence-electron chi connectivity index (χ2n) is 4.78. The zero-order valence-corrected chi connectivity index (χ0v) is 11.4. The highest BCUT2D eigenvalue weighted by atomic mass is 79.9. The van der Waals surface area contributed by atoms with Crippen molar-refractivity contribution in [2.45, 2.75) is 37.6 Å². The van der Waals surface area contributed by atoms with Crippen molar-refractivity contribution in [3.8, 4) is 0 Å². The molecule has 4 heteroatoms. The van der Waals surface area contributed by atoms with E-state index in [0.717, 1.165) is 35.9 Å². The molecule has 0 radical (unpaired) electrons. The molecule has 0 aromatic carbocycles. The van der Waals surface area contributed by atoms with Crippen molar-refractivity contribution in [1.29, 1.82) is 0 Å². The SMILES string of the molecule is O=C(NC1(CBr)CC1)c1cc2c(s1)CCC2. The highest BCUT2D eigenvalue weighted by Gasteiger charge is 2.43. The Balaban J connectivity index is 1.74. The molecular weight excluding hydrogens is 286 g/mol. The fourth-order valence-corrected chi connectivity index (χ4v) is 4.04. The lowest BCUT2D eigenvalue weighted by molar-refractivity contribution is 0.0940. The molecule has 1 N–H and O–H groups in total. The van der Waals surface area contributed by atoms with Crippen LogP contribution in [0.4, 0.5) is 0 Å². The Hall–Kier alpha value is -0.350. The van der Waals surface area contributed by atoms with Crippen LogP contribution in [0.3, 0.4) is 0 Å². The van der Waals surface area contributed by atoms with Crippen LogP contribution >= 0.6 is 27.3 Å². The van der Waals surface area contributed by atoms with Gasteiger partial charge in [0.2, 0.25) is 0 Å². The number of hydrogen-bond donors (Lipinski definition) is 1. The summed E-state index contributed by atoms with van der Waals surface area (Å²) in [5, 5.41) is 4.02. The van der Waals surface area contributed by atoms with E-state index in [2.05, 4.69) is 27.3 Å². The van der Waals surface area contributed by atoms with Crippen molar-refractivity contribution in [2.24, 2.45) is 0 Å². The van der Waals surface area contributed by atoms with Crippen LogP contribution in [-0.2, 0) is 12.8 Å². The Kier molecular flexibility index (Phi) is 2.59. The third kappa shape index (κ3) is 1.82. The lowest BCUT2D eigenvalue weighted by Gasteiger charge is -2.12. The monoisotopic (exact) mass is 299 g/mol. The zero-order chi connectivity index (χ0) is 11.2. The van der Waals surface area contributed by atoms with Gasteiger partial charge in [-0.3, -0.25) is 4.79 Å². The number of halogens is 1. The third-order valence-electron chi connectivity index (χ3n) is 3.46. The highest BCUT2D eigenvalue weighted by Crippen LogP contribution is 2.38. The molecule has 16 heavy (non-hydrogen) atoms. The third-order valence-corrected chi connectivity index (χ3v) is 5.77. The number of thiophene rings is 1. The Bertz CT molecular complexity index is 415. The molecule has 0 spiro atoms. The summed E-state index contributed by atoms with van der Waals surface area (Å²) in [5.74, 6) is 0.122. The van der Waals surface area contributed by atoms with Gasteiger partial charge in [-0.1, -0.05) is 15.9 Å². The molecule has 86 valence electrons. The number of amides is 1. The first kappa shape index (κ1) is 10.8. The number of rotatable bonds is 3. The predicted octanol–water partition coefficient (Wildman–Crippen LogP) is 2.89. The van der Waals surface area contributed by atoms with E-state index in [1.54, 1.807) is 11.3 Å². The number of nitrogens with one attached hydrogen (secondary N) is 1. The molecule has 3 rings (SSSR count). The number of alkyl halides is 1. The van der Waals surface area contributed by atoms with Gasteiger partial charge in [-0.25, -0.2) is 0 Å². The van der Waals surface area contributed by atoms with E-state index in [9.17, 15) is 4.79 Å². The number of fused-ring (bicyclic) bond motifs is 1. The van der Waals surface area contributed by atoms with Crippen LogP contribution in [0, 0.1) is 0 Å². The summed E-state index contributed by atoms with van der Waals surface area (Å²) >= 11 is 5.15. The maximum atomic E-state index is 12.0. The molecule has 0 unspecified atom stereocenters. The van der Waals surface area contributed by atoms with Crippen molar-refractivity contribution >= 4 is 33.2 Å². The van der Waals surface area contributed by atoms with Crippen molar-refractivity contribution < 1.29 is 4.79 Å². The molecule has 1 fully saturated rings. The van der Waals surface area contributed by atoms with Gasteiger partial charge in [-0.2, -0.15) is 0 Å². The Morgan fingerprint density at radius 2 is 2.31 bits per heavy atom. The fraction of sp³-hybridized carbons (Fsp3) is 0.583. The van der Waals surface area contributed by atoms with Crippen molar-refractivity contribution in [1.82, 2.24) is 5.32 Å². The Morgan fingerprint density at radius 3 is 2.94 bits per heavy atom. The minimum Gasteiger partial charge on any atom is -0.345 e. The fourth-order valence-electron chi connectivity index (χ4n) is 2.19. The van der Waals surface area contributed by atoms with Gasteiger partial charge in [-0.15, -0.1) is 11.3 Å². The summed E-state index contributed by atoms with van der Waals surface area (Å²) in [6.07, 6.45) is 5.79. The summed E-state index contributed by atoms with van der Waals surface area (Å²) in [5.41, 5.74) is 1.46. The second-order valence-corrected chi connectivity index (χ2v) is 6.48. The number of aryl methyl sites for hydroxylation is 2. The van der Waals surface area contributed by atoms with E-state index >= 15 is 0 Å². The van der Waals surface area contributed by atoms with Crippen molar-refractivity contribution in [3.05, 3.63) is 21.4 Å². The molecule has 1 aromatic rings. The van der Waals surface area contributed by atoms with E-state index in [0.29, 0.717) is 0 Å². The smallest absolute Gasteiger partial charge is 0.261 e. The van der Waals surface area contributed by atoms with E-state index in [-0.39, 0.29) is 11.4 Å². The van der Waals surface area contributed by atoms with Crippen LogP contribution in [-0.4, -0.2) is 16.8 Å². The van der Waals surface area contributed by atoms with Crippen LogP contribution in [0.15, 0.2) is 6.07 Å². The second kappa shape index (κ2) is 3.84. The summed E-state index contributed by atoms with van der Waals surface area (Å²) in [6.45, 7) is 0. The maximum Gasteiger partial charge on any atom is 0.261 e. The zero-order valence-electron chi connectivity index (χ0n) is 9.01. The molecule has 2 aliphatic rings. The van der Waals surface area contributed by atoms with Crippen LogP contribution in [0.2, 0.25) is 0 Å². The largest absolute Gasteiger partial charge is 0.345 e. The molecule has 1 aromatic heterocycles. The quantitative estimate of drug-likeness (QED) is 0.855. The maximum absolute atomic E-state index is 12.0. The number of hydrogen-bond acceptors (Lipinski definition) is 2. The van der Waals surface area contributed by atoms with Gasteiger partial charge in [0.1, 0.15) is 0 Å². The lowest BCUT2D eigenvalue weighted by Crippen LogP contribution is -2.37. The van der Waals surface area contributed by atoms with Crippen molar-refractivity contribution in [2.75, 3.05) is 5.33 Å². The molecule has 0 atom stereocenters. The molecule has 0 aliphatic heterocycles. The Morgan fingerprint density at radius 1 is 1.50 bits per heavy atom. The average Bonchev–Trinajstić information content (AvgIpc) is 2.72. The minimum absolute atomic E-state index is 0.0610.